The van der Waals surface area contributed by atoms with Gasteiger partial charge in [0.2, 0.25) is 0 Å². The lowest BCUT2D eigenvalue weighted by Gasteiger charge is -2.23. The van der Waals surface area contributed by atoms with Crippen molar-refractivity contribution in [3.63, 3.8) is 0 Å². The normalized spacial score (nSPS) is 21.9. The minimum atomic E-state index is -2.93. The highest BCUT2D eigenvalue weighted by Crippen LogP contribution is 2.18. The Balaban J connectivity index is 2.14. The molecule has 106 valence electrons. The summed E-state index contributed by atoms with van der Waals surface area (Å²) in [5.41, 5.74) is 2.49. The standard InChI is InChI=1S/C11H19N5O2S/c1-2-9-14-10(6-11(15-9)16-12)13-8-4-3-5-19(17,18)7-8/h6,8H,2-5,7,12H2,1H3,(H2,13,14,15,16). The molecule has 1 saturated heterocycles. The molecular formula is C11H19N5O2S. The van der Waals surface area contributed by atoms with Crippen molar-refractivity contribution >= 4 is 21.5 Å². The molecule has 0 bridgehead atoms. The number of nitrogen functional groups attached to an aromatic ring is 1. The third-order valence-corrected chi connectivity index (χ3v) is 4.87. The molecule has 1 aromatic rings. The number of aromatic nitrogens is 2. The van der Waals surface area contributed by atoms with Gasteiger partial charge in [-0.05, 0) is 12.8 Å². The van der Waals surface area contributed by atoms with Gasteiger partial charge >= 0.3 is 0 Å². The van der Waals surface area contributed by atoms with Crippen LogP contribution in [0.25, 0.3) is 0 Å². The van der Waals surface area contributed by atoms with Gasteiger partial charge in [0.25, 0.3) is 0 Å². The average molecular weight is 285 g/mol. The van der Waals surface area contributed by atoms with Crippen molar-refractivity contribution in [2.24, 2.45) is 5.84 Å². The number of hydrogen-bond donors (Lipinski definition) is 3. The third-order valence-electron chi connectivity index (χ3n) is 3.05. The van der Waals surface area contributed by atoms with E-state index in [2.05, 4.69) is 20.7 Å². The summed E-state index contributed by atoms with van der Waals surface area (Å²) in [4.78, 5) is 8.52. The fourth-order valence-corrected chi connectivity index (χ4v) is 3.79. The molecule has 0 aliphatic carbocycles. The molecule has 7 nitrogen and oxygen atoms in total. The van der Waals surface area contributed by atoms with Crippen LogP contribution in [0, 0.1) is 0 Å². The van der Waals surface area contributed by atoms with Crippen LogP contribution >= 0.6 is 0 Å². The highest BCUT2D eigenvalue weighted by atomic mass is 32.2. The van der Waals surface area contributed by atoms with Crippen molar-refractivity contribution in [2.75, 3.05) is 22.2 Å². The molecule has 0 saturated carbocycles. The zero-order valence-corrected chi connectivity index (χ0v) is 11.7. The van der Waals surface area contributed by atoms with Crippen LogP contribution in [0.5, 0.6) is 0 Å². The largest absolute Gasteiger partial charge is 0.366 e. The lowest BCUT2D eigenvalue weighted by Crippen LogP contribution is -2.35. The fraction of sp³-hybridized carbons (Fsp3) is 0.636. The van der Waals surface area contributed by atoms with Crippen LogP contribution in [0.1, 0.15) is 25.6 Å². The van der Waals surface area contributed by atoms with Crippen molar-refractivity contribution in [3.05, 3.63) is 11.9 Å². The van der Waals surface area contributed by atoms with Crippen molar-refractivity contribution in [1.29, 1.82) is 0 Å². The number of nitrogens with two attached hydrogens (primary N) is 1. The quantitative estimate of drug-likeness (QED) is 0.539. The van der Waals surface area contributed by atoms with E-state index in [1.54, 1.807) is 6.07 Å². The van der Waals surface area contributed by atoms with Crippen LogP contribution < -0.4 is 16.6 Å². The molecule has 2 heterocycles. The average Bonchev–Trinajstić information content (AvgIpc) is 2.37. The highest BCUT2D eigenvalue weighted by Gasteiger charge is 2.24. The van der Waals surface area contributed by atoms with E-state index in [1.807, 2.05) is 6.92 Å². The first kappa shape index (κ1) is 14.0. The topological polar surface area (TPSA) is 110 Å². The van der Waals surface area contributed by atoms with E-state index in [0.29, 0.717) is 30.3 Å². The second-order valence-corrected chi connectivity index (χ2v) is 6.88. The highest BCUT2D eigenvalue weighted by molar-refractivity contribution is 7.91. The zero-order chi connectivity index (χ0) is 13.9. The summed E-state index contributed by atoms with van der Waals surface area (Å²) < 4.78 is 23.2. The van der Waals surface area contributed by atoms with Crippen LogP contribution in [-0.4, -0.2) is 35.9 Å². The summed E-state index contributed by atoms with van der Waals surface area (Å²) in [6, 6.07) is 1.59. The van der Waals surface area contributed by atoms with Crippen molar-refractivity contribution < 1.29 is 8.42 Å². The van der Waals surface area contributed by atoms with Crippen LogP contribution in [0.4, 0.5) is 11.6 Å². The van der Waals surface area contributed by atoms with Crippen LogP contribution in [0.15, 0.2) is 6.07 Å². The first-order valence-electron chi connectivity index (χ1n) is 6.34. The maximum Gasteiger partial charge on any atom is 0.152 e. The number of hydrogen-bond acceptors (Lipinski definition) is 7. The second-order valence-electron chi connectivity index (χ2n) is 4.65. The van der Waals surface area contributed by atoms with Gasteiger partial charge in [0.05, 0.1) is 11.5 Å². The Kier molecular flexibility index (Phi) is 4.20. The lowest BCUT2D eigenvalue weighted by molar-refractivity contribution is 0.561. The summed E-state index contributed by atoms with van der Waals surface area (Å²) in [6.07, 6.45) is 2.21. The molecule has 1 aliphatic heterocycles. The van der Waals surface area contributed by atoms with E-state index in [-0.39, 0.29) is 17.5 Å². The lowest BCUT2D eigenvalue weighted by atomic mass is 10.2. The molecular weight excluding hydrogens is 266 g/mol. The Hall–Kier alpha value is -1.41. The summed E-state index contributed by atoms with van der Waals surface area (Å²) in [7, 11) is -2.93. The van der Waals surface area contributed by atoms with E-state index in [4.69, 9.17) is 5.84 Å². The maximum atomic E-state index is 11.6. The summed E-state index contributed by atoms with van der Waals surface area (Å²) in [5.74, 6) is 7.59. The molecule has 0 amide bonds. The first-order chi connectivity index (χ1) is 9.02. The minimum Gasteiger partial charge on any atom is -0.366 e. The van der Waals surface area contributed by atoms with Gasteiger partial charge in [-0.25, -0.2) is 24.2 Å². The predicted octanol–water partition coefficient (Wildman–Crippen LogP) is 0.314. The Morgan fingerprint density at radius 3 is 2.79 bits per heavy atom. The van der Waals surface area contributed by atoms with Crippen LogP contribution in [0.2, 0.25) is 0 Å². The van der Waals surface area contributed by atoms with Gasteiger partial charge in [-0.15, -0.1) is 0 Å². The van der Waals surface area contributed by atoms with E-state index in [9.17, 15) is 8.42 Å². The molecule has 1 atom stereocenters. The van der Waals surface area contributed by atoms with Gasteiger partial charge in [0.15, 0.2) is 9.84 Å². The fourth-order valence-electron chi connectivity index (χ4n) is 2.15. The molecule has 2 rings (SSSR count). The van der Waals surface area contributed by atoms with Gasteiger partial charge < -0.3 is 10.7 Å². The molecule has 4 N–H and O–H groups in total. The summed E-state index contributed by atoms with van der Waals surface area (Å²) in [5, 5.41) is 3.16. The summed E-state index contributed by atoms with van der Waals surface area (Å²) in [6.45, 7) is 1.95. The van der Waals surface area contributed by atoms with Crippen molar-refractivity contribution in [1.82, 2.24) is 9.97 Å². The SMILES string of the molecule is CCc1nc(NN)cc(NC2CCCS(=O)(=O)C2)n1. The van der Waals surface area contributed by atoms with E-state index < -0.39 is 9.84 Å². The zero-order valence-electron chi connectivity index (χ0n) is 10.9. The molecule has 0 aromatic carbocycles. The number of nitrogens with zero attached hydrogens (tertiary/aromatic N) is 2. The van der Waals surface area contributed by atoms with E-state index in [0.717, 1.165) is 6.42 Å². The molecule has 1 fully saturated rings. The smallest absolute Gasteiger partial charge is 0.152 e. The molecule has 0 radical (unpaired) electrons. The van der Waals surface area contributed by atoms with Gasteiger partial charge in [0, 0.05) is 18.5 Å². The molecule has 0 spiro atoms. The van der Waals surface area contributed by atoms with Gasteiger partial charge in [-0.2, -0.15) is 0 Å². The molecule has 19 heavy (non-hydrogen) atoms. The summed E-state index contributed by atoms with van der Waals surface area (Å²) >= 11 is 0. The van der Waals surface area contributed by atoms with Gasteiger partial charge in [0.1, 0.15) is 17.5 Å². The minimum absolute atomic E-state index is 0.0935. The monoisotopic (exact) mass is 285 g/mol. The Labute approximate surface area is 112 Å². The third kappa shape index (κ3) is 3.77. The van der Waals surface area contributed by atoms with Crippen molar-refractivity contribution in [2.45, 2.75) is 32.2 Å². The molecule has 1 aliphatic rings. The number of rotatable bonds is 4. The number of nitrogens with one attached hydrogen (secondary N) is 2. The van der Waals surface area contributed by atoms with Crippen LogP contribution in [0.3, 0.4) is 0 Å². The van der Waals surface area contributed by atoms with E-state index in [1.165, 1.54) is 0 Å². The van der Waals surface area contributed by atoms with Gasteiger partial charge in [-0.3, -0.25) is 0 Å². The number of sulfone groups is 1. The predicted molar refractivity (Wildman–Crippen MR) is 74.5 cm³/mol. The van der Waals surface area contributed by atoms with Gasteiger partial charge in [-0.1, -0.05) is 6.92 Å². The maximum absolute atomic E-state index is 11.6. The Morgan fingerprint density at radius 2 is 2.16 bits per heavy atom. The Bertz CT molecular complexity index is 524. The number of aryl methyl sites for hydroxylation is 1. The molecule has 1 aromatic heterocycles. The molecule has 1 unspecified atom stereocenters. The van der Waals surface area contributed by atoms with Crippen LogP contribution in [-0.2, 0) is 16.3 Å². The van der Waals surface area contributed by atoms with E-state index >= 15 is 0 Å². The van der Waals surface area contributed by atoms with Crippen molar-refractivity contribution in [3.8, 4) is 0 Å². The second kappa shape index (κ2) is 5.70. The Morgan fingerprint density at radius 1 is 1.42 bits per heavy atom. The molecule has 8 heteroatoms. The number of hydrazine groups is 1. The first-order valence-corrected chi connectivity index (χ1v) is 8.16. The number of anilines is 2.